The van der Waals surface area contributed by atoms with Crippen molar-refractivity contribution in [2.24, 2.45) is 5.92 Å². The molecular formula is C38H65NO2. The molecule has 0 amide bonds. The number of esters is 1. The molecule has 0 N–H and O–H groups in total. The van der Waals surface area contributed by atoms with Gasteiger partial charge in [0.05, 0.1) is 6.61 Å². The molecule has 0 atom stereocenters. The van der Waals surface area contributed by atoms with Gasteiger partial charge in [-0.25, -0.2) is 0 Å². The van der Waals surface area contributed by atoms with Crippen molar-refractivity contribution in [3.05, 3.63) is 69.9 Å². The summed E-state index contributed by atoms with van der Waals surface area (Å²) in [6.07, 6.45) is 26.3. The van der Waals surface area contributed by atoms with Crippen molar-refractivity contribution in [1.82, 2.24) is 4.90 Å². The van der Waals surface area contributed by atoms with Gasteiger partial charge in [0.2, 0.25) is 0 Å². The standard InChI is InChI=1S/C38H65NO2/c1-31(2)16-11-18-33(5)20-13-22-35(7)25-27-37(30-41-38(40)24-15-29-39(9)10)28-26-36(8)23-14-21-34(6)19-12-17-32(3)4/h16-17,20-21,25-26,37H,11-15,18-19,22-24,27-30H2,1-10H3/b33-20+,34-21+,35-25+,36-26+. The van der Waals surface area contributed by atoms with Crippen LogP contribution >= 0.6 is 0 Å². The highest BCUT2D eigenvalue weighted by molar-refractivity contribution is 5.69. The first-order valence-electron chi connectivity index (χ1n) is 16.1. The summed E-state index contributed by atoms with van der Waals surface area (Å²) in [5.41, 5.74) is 8.60. The lowest BCUT2D eigenvalue weighted by Crippen LogP contribution is -2.17. The molecule has 0 aliphatic rings. The minimum Gasteiger partial charge on any atom is -0.465 e. The van der Waals surface area contributed by atoms with E-state index >= 15 is 0 Å². The minimum atomic E-state index is -0.0688. The van der Waals surface area contributed by atoms with Crippen LogP contribution in [0.3, 0.4) is 0 Å². The third-order valence-electron chi connectivity index (χ3n) is 7.31. The molecule has 0 saturated heterocycles. The molecule has 0 aromatic heterocycles. The Kier molecular flexibility index (Phi) is 23.2. The first-order chi connectivity index (χ1) is 19.4. The van der Waals surface area contributed by atoms with Crippen LogP contribution < -0.4 is 0 Å². The Labute approximate surface area is 255 Å². The van der Waals surface area contributed by atoms with E-state index in [0.29, 0.717) is 18.9 Å². The van der Waals surface area contributed by atoms with Crippen molar-refractivity contribution in [2.45, 2.75) is 132 Å². The normalized spacial score (nSPS) is 13.8. The highest BCUT2D eigenvalue weighted by atomic mass is 16.5. The smallest absolute Gasteiger partial charge is 0.305 e. The summed E-state index contributed by atoms with van der Waals surface area (Å²) < 4.78 is 5.74. The Morgan fingerprint density at radius 2 is 0.976 bits per heavy atom. The zero-order valence-electron chi connectivity index (χ0n) is 28.7. The van der Waals surface area contributed by atoms with Crippen LogP contribution in [-0.2, 0) is 9.53 Å². The van der Waals surface area contributed by atoms with Crippen LogP contribution in [-0.4, -0.2) is 38.1 Å². The summed E-state index contributed by atoms with van der Waals surface area (Å²) in [6.45, 7) is 19.0. The number of allylic oxidation sites excluding steroid dienone is 12. The van der Waals surface area contributed by atoms with Crippen LogP contribution in [0, 0.1) is 5.92 Å². The molecule has 0 unspecified atom stereocenters. The fourth-order valence-corrected chi connectivity index (χ4v) is 4.47. The number of hydrogen-bond acceptors (Lipinski definition) is 3. The zero-order valence-corrected chi connectivity index (χ0v) is 28.7. The Hall–Kier alpha value is -2.13. The highest BCUT2D eigenvalue weighted by Gasteiger charge is 2.11. The summed E-state index contributed by atoms with van der Waals surface area (Å²) in [5, 5.41) is 0. The van der Waals surface area contributed by atoms with Gasteiger partial charge in [0, 0.05) is 12.3 Å². The van der Waals surface area contributed by atoms with E-state index in [0.717, 1.165) is 77.2 Å². The number of carbonyl (C=O) groups excluding carboxylic acids is 1. The van der Waals surface area contributed by atoms with Gasteiger partial charge in [0.15, 0.2) is 0 Å². The number of ether oxygens (including phenoxy) is 1. The lowest BCUT2D eigenvalue weighted by Gasteiger charge is -2.15. The SMILES string of the molecule is CC(C)=CCC/C(C)=C/CC/C(C)=C/CC(C/C=C(\C)CC/C=C(\C)CCC=C(C)C)COC(=O)CCCN(C)C. The van der Waals surface area contributed by atoms with E-state index in [2.05, 4.69) is 96.7 Å². The van der Waals surface area contributed by atoms with E-state index in [9.17, 15) is 4.79 Å². The predicted molar refractivity (Wildman–Crippen MR) is 182 cm³/mol. The fourth-order valence-electron chi connectivity index (χ4n) is 4.47. The topological polar surface area (TPSA) is 29.5 Å². The van der Waals surface area contributed by atoms with E-state index in [1.807, 2.05) is 14.1 Å². The summed E-state index contributed by atoms with van der Waals surface area (Å²) in [4.78, 5) is 14.5. The molecule has 0 aliphatic carbocycles. The van der Waals surface area contributed by atoms with Crippen molar-refractivity contribution < 1.29 is 9.53 Å². The molecule has 0 aromatic carbocycles. The Balaban J connectivity index is 4.96. The van der Waals surface area contributed by atoms with Gasteiger partial charge in [-0.1, -0.05) is 69.9 Å². The zero-order chi connectivity index (χ0) is 31.0. The maximum absolute atomic E-state index is 12.3. The maximum Gasteiger partial charge on any atom is 0.305 e. The Morgan fingerprint density at radius 3 is 1.37 bits per heavy atom. The number of hydrogen-bond donors (Lipinski definition) is 0. The molecule has 3 heteroatoms. The van der Waals surface area contributed by atoms with Crippen LogP contribution in [0.15, 0.2) is 69.9 Å². The molecule has 0 heterocycles. The lowest BCUT2D eigenvalue weighted by molar-refractivity contribution is -0.145. The molecule has 0 saturated carbocycles. The monoisotopic (exact) mass is 568 g/mol. The third kappa shape index (κ3) is 26.5. The van der Waals surface area contributed by atoms with Crippen LogP contribution in [0.1, 0.15) is 132 Å². The lowest BCUT2D eigenvalue weighted by atomic mass is 9.97. The Morgan fingerprint density at radius 1 is 0.585 bits per heavy atom. The third-order valence-corrected chi connectivity index (χ3v) is 7.31. The van der Waals surface area contributed by atoms with Gasteiger partial charge in [-0.2, -0.15) is 0 Å². The van der Waals surface area contributed by atoms with Gasteiger partial charge < -0.3 is 9.64 Å². The number of nitrogens with zero attached hydrogens (tertiary/aromatic N) is 1. The molecule has 0 bridgehead atoms. The van der Waals surface area contributed by atoms with Gasteiger partial charge in [-0.15, -0.1) is 0 Å². The molecular weight excluding hydrogens is 502 g/mol. The molecule has 0 radical (unpaired) electrons. The number of carbonyl (C=O) groups is 1. The van der Waals surface area contributed by atoms with Crippen molar-refractivity contribution in [2.75, 3.05) is 27.2 Å². The van der Waals surface area contributed by atoms with Crippen LogP contribution in [0.5, 0.6) is 0 Å². The van der Waals surface area contributed by atoms with E-state index in [-0.39, 0.29) is 5.97 Å². The van der Waals surface area contributed by atoms with Crippen LogP contribution in [0.2, 0.25) is 0 Å². The van der Waals surface area contributed by atoms with Gasteiger partial charge >= 0.3 is 5.97 Å². The van der Waals surface area contributed by atoms with Crippen molar-refractivity contribution in [1.29, 1.82) is 0 Å². The first kappa shape index (κ1) is 38.9. The second-order valence-corrected chi connectivity index (χ2v) is 12.8. The second-order valence-electron chi connectivity index (χ2n) is 12.8. The largest absolute Gasteiger partial charge is 0.465 e. The fraction of sp³-hybridized carbons (Fsp3) is 0.658. The second kappa shape index (κ2) is 24.5. The molecule has 0 fully saturated rings. The van der Waals surface area contributed by atoms with Crippen LogP contribution in [0.25, 0.3) is 0 Å². The average Bonchev–Trinajstić information content (AvgIpc) is 2.87. The van der Waals surface area contributed by atoms with Gasteiger partial charge in [-0.05, 0) is 147 Å². The quantitative estimate of drug-likeness (QED) is 0.0962. The molecule has 0 spiro atoms. The maximum atomic E-state index is 12.3. The predicted octanol–water partition coefficient (Wildman–Crippen LogP) is 11.1. The minimum absolute atomic E-state index is 0.0688. The van der Waals surface area contributed by atoms with Gasteiger partial charge in [-0.3, -0.25) is 4.79 Å². The van der Waals surface area contributed by atoms with Crippen molar-refractivity contribution >= 4 is 5.97 Å². The van der Waals surface area contributed by atoms with E-state index < -0.39 is 0 Å². The van der Waals surface area contributed by atoms with E-state index in [1.165, 1.54) is 33.4 Å². The number of rotatable bonds is 22. The molecule has 0 aromatic rings. The average molecular weight is 568 g/mol. The highest BCUT2D eigenvalue weighted by Crippen LogP contribution is 2.19. The van der Waals surface area contributed by atoms with Crippen LogP contribution in [0.4, 0.5) is 0 Å². The molecule has 234 valence electrons. The molecule has 3 nitrogen and oxygen atoms in total. The summed E-state index contributed by atoms with van der Waals surface area (Å²) in [5.74, 6) is 0.251. The summed E-state index contributed by atoms with van der Waals surface area (Å²) in [6, 6.07) is 0. The molecule has 0 rings (SSSR count). The van der Waals surface area contributed by atoms with E-state index in [4.69, 9.17) is 4.74 Å². The molecule has 0 aliphatic heterocycles. The van der Waals surface area contributed by atoms with Gasteiger partial charge in [0.1, 0.15) is 0 Å². The summed E-state index contributed by atoms with van der Waals surface area (Å²) >= 11 is 0. The summed E-state index contributed by atoms with van der Waals surface area (Å²) in [7, 11) is 4.07. The van der Waals surface area contributed by atoms with E-state index in [1.54, 1.807) is 0 Å². The van der Waals surface area contributed by atoms with Crippen molar-refractivity contribution in [3.8, 4) is 0 Å². The Bertz CT molecular complexity index is 843. The van der Waals surface area contributed by atoms with Crippen molar-refractivity contribution in [3.63, 3.8) is 0 Å². The molecule has 41 heavy (non-hydrogen) atoms. The first-order valence-corrected chi connectivity index (χ1v) is 16.1. The van der Waals surface area contributed by atoms with Gasteiger partial charge in [0.25, 0.3) is 0 Å².